The lowest BCUT2D eigenvalue weighted by Crippen LogP contribution is -2.29. The third kappa shape index (κ3) is 5.26. The number of fused-ring (bicyclic) bond motifs is 1. The zero-order chi connectivity index (χ0) is 25.2. The van der Waals surface area contributed by atoms with E-state index in [0.29, 0.717) is 28.7 Å². The molecule has 0 atom stereocenters. The molecule has 1 aliphatic carbocycles. The van der Waals surface area contributed by atoms with Crippen molar-refractivity contribution in [3.05, 3.63) is 53.7 Å². The van der Waals surface area contributed by atoms with Gasteiger partial charge in [-0.05, 0) is 51.7 Å². The first-order valence-corrected chi connectivity index (χ1v) is 12.3. The number of aliphatic hydroxyl groups is 1. The predicted molar refractivity (Wildman–Crippen MR) is 138 cm³/mol. The number of pyridine rings is 1. The second-order valence-electron chi connectivity index (χ2n) is 9.19. The molecule has 0 aliphatic heterocycles. The van der Waals surface area contributed by atoms with Crippen molar-refractivity contribution in [2.75, 3.05) is 16.0 Å². The Morgan fingerprint density at radius 3 is 2.64 bits per heavy atom. The van der Waals surface area contributed by atoms with Crippen LogP contribution in [0.4, 0.5) is 23.0 Å². The van der Waals surface area contributed by atoms with Gasteiger partial charge in [-0.2, -0.15) is 5.10 Å². The molecule has 0 saturated heterocycles. The minimum absolute atomic E-state index is 0.172. The van der Waals surface area contributed by atoms with Crippen LogP contribution in [0.15, 0.2) is 42.9 Å². The molecule has 188 valence electrons. The third-order valence-electron chi connectivity index (χ3n) is 6.13. The van der Waals surface area contributed by atoms with Crippen molar-refractivity contribution in [3.63, 3.8) is 0 Å². The molecule has 11 nitrogen and oxygen atoms in total. The van der Waals surface area contributed by atoms with Crippen LogP contribution in [-0.4, -0.2) is 52.5 Å². The molecular weight excluding hydrogens is 482 g/mol. The molecule has 1 aliphatic rings. The maximum atomic E-state index is 13.1. The highest BCUT2D eigenvalue weighted by Crippen LogP contribution is 2.27. The second kappa shape index (κ2) is 10.1. The molecule has 4 heterocycles. The van der Waals surface area contributed by atoms with Gasteiger partial charge in [0, 0.05) is 42.3 Å². The van der Waals surface area contributed by atoms with Crippen LogP contribution in [0.1, 0.15) is 56.1 Å². The molecule has 12 heteroatoms. The van der Waals surface area contributed by atoms with Gasteiger partial charge in [0.1, 0.15) is 11.0 Å². The quantitative estimate of drug-likeness (QED) is 0.271. The average Bonchev–Trinajstić information content (AvgIpc) is 3.48. The molecule has 0 unspecified atom stereocenters. The number of nitrogens with one attached hydrogen (secondary N) is 3. The summed E-state index contributed by atoms with van der Waals surface area (Å²) in [6.45, 7) is 4.11. The average molecular weight is 510 g/mol. The fraction of sp³-hybridized carbons (Fsp3) is 0.375. The summed E-state index contributed by atoms with van der Waals surface area (Å²) in [7, 11) is 0. The molecule has 36 heavy (non-hydrogen) atoms. The Labute approximate surface area is 212 Å². The zero-order valence-corrected chi connectivity index (χ0v) is 20.8. The van der Waals surface area contributed by atoms with Gasteiger partial charge in [-0.25, -0.2) is 14.5 Å². The van der Waals surface area contributed by atoms with Crippen LogP contribution in [0.3, 0.4) is 0 Å². The molecule has 1 fully saturated rings. The summed E-state index contributed by atoms with van der Waals surface area (Å²) in [4.78, 5) is 21.5. The maximum Gasteiger partial charge on any atom is 0.276 e. The first-order chi connectivity index (χ1) is 17.4. The highest BCUT2D eigenvalue weighted by atomic mass is 35.5. The molecule has 0 aromatic carbocycles. The number of nitrogens with zero attached hydrogens (tertiary/aromatic N) is 6. The van der Waals surface area contributed by atoms with Crippen molar-refractivity contribution in [2.24, 2.45) is 0 Å². The van der Waals surface area contributed by atoms with E-state index in [0.717, 1.165) is 25.7 Å². The van der Waals surface area contributed by atoms with Crippen molar-refractivity contribution in [2.45, 2.75) is 57.7 Å². The Kier molecular flexibility index (Phi) is 6.75. The lowest BCUT2D eigenvalue weighted by atomic mass is 9.93. The normalized spacial score (nSPS) is 17.9. The van der Waals surface area contributed by atoms with E-state index in [2.05, 4.69) is 50.0 Å². The van der Waals surface area contributed by atoms with Crippen molar-refractivity contribution in [1.82, 2.24) is 29.4 Å². The Bertz CT molecular complexity index is 1380. The van der Waals surface area contributed by atoms with Crippen LogP contribution < -0.4 is 16.0 Å². The van der Waals surface area contributed by atoms with E-state index in [9.17, 15) is 9.90 Å². The minimum Gasteiger partial charge on any atom is -0.393 e. The van der Waals surface area contributed by atoms with Crippen molar-refractivity contribution in [3.8, 4) is 0 Å². The van der Waals surface area contributed by atoms with Gasteiger partial charge in [0.15, 0.2) is 17.2 Å². The number of hydrogen-bond donors (Lipinski definition) is 4. The van der Waals surface area contributed by atoms with Crippen molar-refractivity contribution in [1.29, 1.82) is 0 Å². The Morgan fingerprint density at radius 2 is 1.92 bits per heavy atom. The minimum atomic E-state index is -0.384. The van der Waals surface area contributed by atoms with Crippen LogP contribution >= 0.6 is 11.6 Å². The highest BCUT2D eigenvalue weighted by Gasteiger charge is 2.22. The zero-order valence-electron chi connectivity index (χ0n) is 20.0. The molecule has 0 bridgehead atoms. The summed E-state index contributed by atoms with van der Waals surface area (Å²) >= 11 is 5.96. The monoisotopic (exact) mass is 509 g/mol. The van der Waals surface area contributed by atoms with Crippen molar-refractivity contribution >= 4 is 46.2 Å². The number of aliphatic hydroxyl groups excluding tert-OH is 1. The van der Waals surface area contributed by atoms with Crippen molar-refractivity contribution < 1.29 is 9.90 Å². The summed E-state index contributed by atoms with van der Waals surface area (Å²) in [6, 6.07) is 7.37. The number of carbonyl (C=O) groups is 1. The van der Waals surface area contributed by atoms with Crippen LogP contribution in [0, 0.1) is 0 Å². The highest BCUT2D eigenvalue weighted by molar-refractivity contribution is 6.29. The first-order valence-electron chi connectivity index (χ1n) is 11.9. The number of aromatic nitrogens is 6. The van der Waals surface area contributed by atoms with E-state index in [4.69, 9.17) is 11.6 Å². The molecule has 0 radical (unpaired) electrons. The fourth-order valence-corrected chi connectivity index (χ4v) is 4.39. The molecule has 5 rings (SSSR count). The van der Waals surface area contributed by atoms with Gasteiger partial charge in [0.25, 0.3) is 5.91 Å². The SMILES string of the molecule is CC(C)n1ccc(Nc2cc(NC3CCC(O)CC3)nn3c(C(=O)Nc4ccnc(Cl)c4)cnc23)n1. The number of halogens is 1. The summed E-state index contributed by atoms with van der Waals surface area (Å²) in [6.07, 6.45) is 7.81. The van der Waals surface area contributed by atoms with E-state index in [-0.39, 0.29) is 34.9 Å². The van der Waals surface area contributed by atoms with Crippen LogP contribution in [0.5, 0.6) is 0 Å². The first kappa shape index (κ1) is 24.0. The molecule has 0 spiro atoms. The Balaban J connectivity index is 1.49. The maximum absolute atomic E-state index is 13.1. The molecule has 4 N–H and O–H groups in total. The van der Waals surface area contributed by atoms with Gasteiger partial charge < -0.3 is 21.1 Å². The Morgan fingerprint density at radius 1 is 1.11 bits per heavy atom. The number of anilines is 4. The standard InChI is InChI=1S/C24H28ClN9O2/c1-14(2)33-10-8-21(31-33)30-18-12-22(28-15-3-5-17(35)6-4-15)32-34-19(13-27-23(18)34)24(36)29-16-7-9-26-20(25)11-16/h7-15,17,35H,3-6H2,1-2H3,(H,28,32)(H,30,31)(H,26,29,36). The fourth-order valence-electron chi connectivity index (χ4n) is 4.22. The smallest absolute Gasteiger partial charge is 0.276 e. The molecule has 4 aromatic rings. The van der Waals surface area contributed by atoms with Gasteiger partial charge in [0.05, 0.1) is 18.0 Å². The lowest BCUT2D eigenvalue weighted by molar-refractivity contribution is 0.102. The van der Waals surface area contributed by atoms with Gasteiger partial charge >= 0.3 is 0 Å². The van der Waals surface area contributed by atoms with Crippen LogP contribution in [-0.2, 0) is 0 Å². The van der Waals surface area contributed by atoms with Gasteiger partial charge in [0.2, 0.25) is 0 Å². The summed E-state index contributed by atoms with van der Waals surface area (Å²) in [5.41, 5.74) is 1.92. The summed E-state index contributed by atoms with van der Waals surface area (Å²) in [5, 5.41) is 29.0. The number of imidazole rings is 1. The number of hydrogen-bond acceptors (Lipinski definition) is 8. The summed E-state index contributed by atoms with van der Waals surface area (Å²) < 4.78 is 3.37. The van der Waals surface area contributed by atoms with Crippen LogP contribution in [0.2, 0.25) is 5.15 Å². The number of rotatable bonds is 7. The van der Waals surface area contributed by atoms with Crippen LogP contribution in [0.25, 0.3) is 5.65 Å². The van der Waals surface area contributed by atoms with E-state index < -0.39 is 0 Å². The molecule has 1 saturated carbocycles. The molecule has 4 aromatic heterocycles. The largest absolute Gasteiger partial charge is 0.393 e. The van der Waals surface area contributed by atoms with E-state index >= 15 is 0 Å². The van der Waals surface area contributed by atoms with Gasteiger partial charge in [-0.3, -0.25) is 9.48 Å². The predicted octanol–water partition coefficient (Wildman–Crippen LogP) is 4.27. The number of amides is 1. The second-order valence-corrected chi connectivity index (χ2v) is 9.58. The number of carbonyl (C=O) groups excluding carboxylic acids is 1. The topological polar surface area (TPSA) is 134 Å². The van der Waals surface area contributed by atoms with Gasteiger partial charge in [-0.15, -0.1) is 5.10 Å². The molecular formula is C24H28ClN9O2. The van der Waals surface area contributed by atoms with E-state index in [1.165, 1.54) is 16.9 Å². The van der Waals surface area contributed by atoms with Gasteiger partial charge in [-0.1, -0.05) is 11.6 Å². The summed E-state index contributed by atoms with van der Waals surface area (Å²) in [5.74, 6) is 0.864. The Hall–Kier alpha value is -3.70. The third-order valence-corrected chi connectivity index (χ3v) is 6.34. The van der Waals surface area contributed by atoms with E-state index in [1.54, 1.807) is 12.1 Å². The molecule has 1 amide bonds. The van der Waals surface area contributed by atoms with E-state index in [1.807, 2.05) is 23.0 Å². The lowest BCUT2D eigenvalue weighted by Gasteiger charge is -2.26.